The Balaban J connectivity index is 3.16. The number of nitrogens with zero attached hydrogens (tertiary/aromatic N) is 2. The largest absolute Gasteiger partial charge is 0.483 e. The number of hydrogen-bond donors (Lipinski definition) is 0. The summed E-state index contributed by atoms with van der Waals surface area (Å²) in [5.74, 6) is 0.0390. The van der Waals surface area contributed by atoms with Crippen LogP contribution in [0.15, 0.2) is 12.1 Å². The van der Waals surface area contributed by atoms with Crippen LogP contribution < -0.4 is 4.74 Å². The van der Waals surface area contributed by atoms with Gasteiger partial charge in [0.15, 0.2) is 0 Å². The number of ketones is 1. The molecule has 0 saturated heterocycles. The highest BCUT2D eigenvalue weighted by Gasteiger charge is 2.22. The van der Waals surface area contributed by atoms with Gasteiger partial charge in [-0.15, -0.1) is 0 Å². The number of ether oxygens (including phenoxy) is 1. The van der Waals surface area contributed by atoms with Crippen LogP contribution in [0.25, 0.3) is 0 Å². The number of carbonyl (C=O) groups is 1. The molecule has 0 N–H and O–H groups in total. The minimum atomic E-state index is -0.598. The lowest BCUT2D eigenvalue weighted by molar-refractivity contribution is -0.386. The van der Waals surface area contributed by atoms with Crippen molar-refractivity contribution in [3.63, 3.8) is 0 Å². The maximum atomic E-state index is 11.0. The standard InChI is InChI=1S/C12H11IN2O4/c1-7(16)3-8(2)19-12-10(13)4-9(6-14)5-11(12)15(17)18/h4-5,8H,3H2,1-2H3. The van der Waals surface area contributed by atoms with Crippen molar-refractivity contribution < 1.29 is 14.5 Å². The van der Waals surface area contributed by atoms with Gasteiger partial charge in [-0.2, -0.15) is 5.26 Å². The van der Waals surface area contributed by atoms with Crippen molar-refractivity contribution in [3.8, 4) is 11.8 Å². The number of nitro benzene ring substituents is 1. The van der Waals surface area contributed by atoms with Crippen molar-refractivity contribution in [3.05, 3.63) is 31.4 Å². The van der Waals surface area contributed by atoms with Crippen molar-refractivity contribution in [2.75, 3.05) is 0 Å². The number of benzene rings is 1. The molecule has 0 radical (unpaired) electrons. The summed E-state index contributed by atoms with van der Waals surface area (Å²) in [6.45, 7) is 3.09. The van der Waals surface area contributed by atoms with Gasteiger partial charge in [0.1, 0.15) is 11.9 Å². The van der Waals surface area contributed by atoms with Crippen LogP contribution in [0.2, 0.25) is 0 Å². The highest BCUT2D eigenvalue weighted by atomic mass is 127. The van der Waals surface area contributed by atoms with Gasteiger partial charge in [0.25, 0.3) is 0 Å². The van der Waals surface area contributed by atoms with Gasteiger partial charge in [0, 0.05) is 12.5 Å². The Morgan fingerprint density at radius 1 is 1.63 bits per heavy atom. The summed E-state index contributed by atoms with van der Waals surface area (Å²) in [7, 11) is 0. The average molecular weight is 374 g/mol. The number of hydrogen-bond acceptors (Lipinski definition) is 5. The fourth-order valence-electron chi connectivity index (χ4n) is 1.54. The number of nitriles is 1. The lowest BCUT2D eigenvalue weighted by Crippen LogP contribution is -2.16. The minimum absolute atomic E-state index is 0.0567. The number of Topliss-reactive ketones (excluding diaryl/α,β-unsaturated/α-hetero) is 1. The molecule has 1 atom stereocenters. The third-order valence-electron chi connectivity index (χ3n) is 2.24. The molecule has 0 spiro atoms. The Kier molecular flexibility index (Phi) is 5.23. The summed E-state index contributed by atoms with van der Waals surface area (Å²) in [6, 6.07) is 4.52. The maximum absolute atomic E-state index is 11.0. The van der Waals surface area contributed by atoms with Crippen LogP contribution in [0.5, 0.6) is 5.75 Å². The van der Waals surface area contributed by atoms with Crippen molar-refractivity contribution >= 4 is 34.1 Å². The monoisotopic (exact) mass is 374 g/mol. The third kappa shape index (κ3) is 4.17. The Hall–Kier alpha value is -1.69. The fraction of sp³-hybridized carbons (Fsp3) is 0.333. The lowest BCUT2D eigenvalue weighted by atomic mass is 10.2. The van der Waals surface area contributed by atoms with Crippen molar-refractivity contribution in [2.24, 2.45) is 0 Å². The number of halogens is 1. The van der Waals surface area contributed by atoms with Gasteiger partial charge in [-0.1, -0.05) is 0 Å². The zero-order valence-electron chi connectivity index (χ0n) is 10.3. The van der Waals surface area contributed by atoms with Gasteiger partial charge < -0.3 is 4.74 Å². The molecule has 1 aromatic carbocycles. The van der Waals surface area contributed by atoms with E-state index in [2.05, 4.69) is 0 Å². The van der Waals surface area contributed by atoms with E-state index in [-0.39, 0.29) is 29.2 Å². The first kappa shape index (κ1) is 15.4. The predicted molar refractivity (Wildman–Crippen MR) is 75.9 cm³/mol. The summed E-state index contributed by atoms with van der Waals surface area (Å²) in [4.78, 5) is 21.4. The summed E-state index contributed by atoms with van der Waals surface area (Å²) >= 11 is 1.87. The van der Waals surface area contributed by atoms with Gasteiger partial charge in [0.2, 0.25) is 5.75 Å². The average Bonchev–Trinajstić information content (AvgIpc) is 2.29. The minimum Gasteiger partial charge on any atom is -0.483 e. The molecule has 0 heterocycles. The molecule has 19 heavy (non-hydrogen) atoms. The van der Waals surface area contributed by atoms with Gasteiger partial charge in [-0.3, -0.25) is 14.9 Å². The molecule has 1 rings (SSSR count). The van der Waals surface area contributed by atoms with Gasteiger partial charge in [-0.05, 0) is 42.5 Å². The van der Waals surface area contributed by atoms with Crippen LogP contribution in [0, 0.1) is 25.0 Å². The summed E-state index contributed by atoms with van der Waals surface area (Å²) in [6.07, 6.45) is -0.287. The first-order valence-corrected chi connectivity index (χ1v) is 6.47. The third-order valence-corrected chi connectivity index (χ3v) is 3.05. The molecule has 0 aliphatic carbocycles. The zero-order valence-corrected chi connectivity index (χ0v) is 12.5. The molecule has 0 aliphatic heterocycles. The molecule has 0 saturated carbocycles. The number of carbonyl (C=O) groups excluding carboxylic acids is 1. The molecule has 0 fully saturated rings. The van der Waals surface area contributed by atoms with Crippen LogP contribution >= 0.6 is 22.6 Å². The van der Waals surface area contributed by atoms with E-state index < -0.39 is 11.0 Å². The highest BCUT2D eigenvalue weighted by molar-refractivity contribution is 14.1. The van der Waals surface area contributed by atoms with Gasteiger partial charge >= 0.3 is 5.69 Å². The topological polar surface area (TPSA) is 93.2 Å². The SMILES string of the molecule is CC(=O)CC(C)Oc1c(I)cc(C#N)cc1[N+](=O)[O-]. The zero-order chi connectivity index (χ0) is 14.6. The summed E-state index contributed by atoms with van der Waals surface area (Å²) in [5.41, 5.74) is -0.0680. The Bertz CT molecular complexity index is 566. The quantitative estimate of drug-likeness (QED) is 0.449. The molecule has 7 heteroatoms. The molecular weight excluding hydrogens is 363 g/mol. The van der Waals surface area contributed by atoms with E-state index in [1.54, 1.807) is 6.92 Å². The predicted octanol–water partition coefficient (Wildman–Crippen LogP) is 2.82. The van der Waals surface area contributed by atoms with Crippen LogP contribution in [-0.4, -0.2) is 16.8 Å². The fourth-order valence-corrected chi connectivity index (χ4v) is 2.28. The van der Waals surface area contributed by atoms with Crippen molar-refractivity contribution in [1.82, 2.24) is 0 Å². The highest BCUT2D eigenvalue weighted by Crippen LogP contribution is 2.34. The van der Waals surface area contributed by atoms with E-state index in [0.717, 1.165) is 6.07 Å². The van der Waals surface area contributed by atoms with E-state index in [0.29, 0.717) is 3.57 Å². The molecule has 0 aliphatic rings. The second-order valence-electron chi connectivity index (χ2n) is 4.01. The number of nitro groups is 1. The molecule has 100 valence electrons. The molecule has 6 nitrogen and oxygen atoms in total. The molecular formula is C12H11IN2O4. The number of rotatable bonds is 5. The molecule has 1 aromatic rings. The van der Waals surface area contributed by atoms with Crippen molar-refractivity contribution in [1.29, 1.82) is 5.26 Å². The first-order chi connectivity index (χ1) is 8.85. The Morgan fingerprint density at radius 2 is 2.26 bits per heavy atom. The lowest BCUT2D eigenvalue weighted by Gasteiger charge is -2.14. The molecule has 0 bridgehead atoms. The molecule has 0 amide bonds. The van der Waals surface area contributed by atoms with Crippen LogP contribution in [0.1, 0.15) is 25.8 Å². The van der Waals surface area contributed by atoms with Gasteiger partial charge in [-0.25, -0.2) is 0 Å². The van der Waals surface area contributed by atoms with E-state index in [1.165, 1.54) is 13.0 Å². The normalized spacial score (nSPS) is 11.5. The van der Waals surface area contributed by atoms with Crippen molar-refractivity contribution in [2.45, 2.75) is 26.4 Å². The summed E-state index contributed by atoms with van der Waals surface area (Å²) in [5, 5.41) is 19.8. The second kappa shape index (κ2) is 6.47. The second-order valence-corrected chi connectivity index (χ2v) is 5.17. The smallest absolute Gasteiger partial charge is 0.313 e. The van der Waals surface area contributed by atoms with Crippen LogP contribution in [-0.2, 0) is 4.79 Å². The van der Waals surface area contributed by atoms with E-state index in [9.17, 15) is 14.9 Å². The van der Waals surface area contributed by atoms with Crippen LogP contribution in [0.3, 0.4) is 0 Å². The Morgan fingerprint density at radius 3 is 2.74 bits per heavy atom. The van der Waals surface area contributed by atoms with Gasteiger partial charge in [0.05, 0.1) is 20.1 Å². The van der Waals surface area contributed by atoms with E-state index >= 15 is 0 Å². The maximum Gasteiger partial charge on any atom is 0.313 e. The summed E-state index contributed by atoms with van der Waals surface area (Å²) < 4.78 is 5.94. The first-order valence-electron chi connectivity index (χ1n) is 5.39. The Labute approximate surface area is 123 Å². The van der Waals surface area contributed by atoms with E-state index in [4.69, 9.17) is 10.00 Å². The van der Waals surface area contributed by atoms with Crippen LogP contribution in [0.4, 0.5) is 5.69 Å². The molecule has 0 aromatic heterocycles. The van der Waals surface area contributed by atoms with E-state index in [1.807, 2.05) is 28.7 Å². The molecule has 1 unspecified atom stereocenters.